The first kappa shape index (κ1) is 25.2. The van der Waals surface area contributed by atoms with Crippen LogP contribution >= 0.6 is 0 Å². The van der Waals surface area contributed by atoms with E-state index in [1.54, 1.807) is 0 Å². The Morgan fingerprint density at radius 3 is 1.61 bits per heavy atom. The smallest absolute Gasteiger partial charge is 0.143 e. The fraction of sp³-hybridized carbons (Fsp3) is 0. The van der Waals surface area contributed by atoms with E-state index in [2.05, 4.69) is 133 Å². The Labute approximate surface area is 264 Å². The molecule has 0 amide bonds. The van der Waals surface area contributed by atoms with E-state index >= 15 is 0 Å². The second-order valence-corrected chi connectivity index (χ2v) is 12.0. The fourth-order valence-corrected chi connectivity index (χ4v) is 7.43. The third kappa shape index (κ3) is 3.65. The second-order valence-electron chi connectivity index (χ2n) is 12.0. The zero-order valence-corrected chi connectivity index (χ0v) is 24.8. The summed E-state index contributed by atoms with van der Waals surface area (Å²) in [5.74, 6) is 0. The highest BCUT2D eigenvalue weighted by molar-refractivity contribution is 6.23. The van der Waals surface area contributed by atoms with E-state index in [1.165, 1.54) is 43.8 Å². The normalized spacial score (nSPS) is 11.9. The predicted molar refractivity (Wildman–Crippen MR) is 192 cm³/mol. The van der Waals surface area contributed by atoms with Crippen molar-refractivity contribution < 1.29 is 8.83 Å². The summed E-state index contributed by atoms with van der Waals surface area (Å²) in [5, 5.41) is 9.41. The van der Waals surface area contributed by atoms with E-state index in [9.17, 15) is 0 Å². The standard InChI is InChI=1S/C44H26O2/c1-2-11-27(12-3-1)42-33-15-4-5-16-34(33)43(29-22-24-41-37(26-29)32-14-7-8-19-39(32)45-41)38-25-28(21-23-35(38)42)30-17-10-18-36-31-13-6-9-20-40(31)46-44(30)36/h1-26H. The number of hydrogen-bond donors (Lipinski definition) is 0. The summed E-state index contributed by atoms with van der Waals surface area (Å²) >= 11 is 0. The molecule has 2 heteroatoms. The molecule has 0 bridgehead atoms. The van der Waals surface area contributed by atoms with Crippen LogP contribution in [0.3, 0.4) is 0 Å². The van der Waals surface area contributed by atoms with Crippen molar-refractivity contribution in [2.45, 2.75) is 0 Å². The molecule has 0 unspecified atom stereocenters. The number of benzene rings is 8. The summed E-state index contributed by atoms with van der Waals surface area (Å²) in [7, 11) is 0. The van der Waals surface area contributed by atoms with Gasteiger partial charge in [0.15, 0.2) is 0 Å². The predicted octanol–water partition coefficient (Wildman–Crippen LogP) is 12.8. The van der Waals surface area contributed by atoms with Gasteiger partial charge in [-0.2, -0.15) is 0 Å². The molecule has 0 aliphatic rings. The molecule has 0 radical (unpaired) electrons. The summed E-state index contributed by atoms with van der Waals surface area (Å²) in [6, 6.07) is 56.2. The molecule has 2 heterocycles. The Morgan fingerprint density at radius 1 is 0.283 bits per heavy atom. The minimum absolute atomic E-state index is 0.900. The Morgan fingerprint density at radius 2 is 0.826 bits per heavy atom. The first-order valence-corrected chi connectivity index (χ1v) is 15.7. The van der Waals surface area contributed by atoms with Crippen molar-refractivity contribution >= 4 is 65.4 Å². The van der Waals surface area contributed by atoms with Crippen LogP contribution in [-0.2, 0) is 0 Å². The first-order chi connectivity index (χ1) is 22.8. The molecule has 2 nitrogen and oxygen atoms in total. The molecule has 0 N–H and O–H groups in total. The lowest BCUT2D eigenvalue weighted by Crippen LogP contribution is -1.92. The molecule has 8 aromatic carbocycles. The Balaban J connectivity index is 1.33. The van der Waals surface area contributed by atoms with Gasteiger partial charge in [0.2, 0.25) is 0 Å². The van der Waals surface area contributed by atoms with Crippen molar-refractivity contribution in [3.8, 4) is 33.4 Å². The summed E-state index contributed by atoms with van der Waals surface area (Å²) in [6.07, 6.45) is 0. The van der Waals surface area contributed by atoms with Gasteiger partial charge in [0.25, 0.3) is 0 Å². The Bertz CT molecular complexity index is 2800. The van der Waals surface area contributed by atoms with Crippen LogP contribution in [-0.4, -0.2) is 0 Å². The second kappa shape index (κ2) is 9.69. The highest BCUT2D eigenvalue weighted by atomic mass is 16.3. The number of fused-ring (bicyclic) bond motifs is 8. The molecule has 0 saturated heterocycles. The van der Waals surface area contributed by atoms with Gasteiger partial charge in [-0.1, -0.05) is 127 Å². The highest BCUT2D eigenvalue weighted by Gasteiger charge is 2.20. The number of furan rings is 2. The average Bonchev–Trinajstić information content (AvgIpc) is 3.69. The molecule has 2 aromatic heterocycles. The van der Waals surface area contributed by atoms with Crippen molar-refractivity contribution in [2.24, 2.45) is 0 Å². The van der Waals surface area contributed by atoms with Crippen LogP contribution < -0.4 is 0 Å². The fourth-order valence-electron chi connectivity index (χ4n) is 7.43. The van der Waals surface area contributed by atoms with E-state index in [1.807, 2.05) is 24.3 Å². The Hall–Kier alpha value is -6.12. The van der Waals surface area contributed by atoms with Crippen LogP contribution in [0.2, 0.25) is 0 Å². The van der Waals surface area contributed by atoms with Crippen LogP contribution in [0.25, 0.3) is 98.8 Å². The third-order valence-electron chi connectivity index (χ3n) is 9.47. The van der Waals surface area contributed by atoms with Crippen molar-refractivity contribution in [3.05, 3.63) is 158 Å². The van der Waals surface area contributed by atoms with E-state index in [4.69, 9.17) is 8.83 Å². The summed E-state index contributed by atoms with van der Waals surface area (Å²) in [5.41, 5.74) is 10.7. The maximum absolute atomic E-state index is 6.50. The van der Waals surface area contributed by atoms with Crippen LogP contribution in [0.15, 0.2) is 167 Å². The molecule has 0 fully saturated rings. The zero-order chi connectivity index (χ0) is 30.2. The monoisotopic (exact) mass is 586 g/mol. The molecular weight excluding hydrogens is 560 g/mol. The summed E-state index contributed by atoms with van der Waals surface area (Å²) < 4.78 is 12.7. The van der Waals surface area contributed by atoms with E-state index < -0.39 is 0 Å². The Kier molecular flexibility index (Phi) is 5.31. The third-order valence-corrected chi connectivity index (χ3v) is 9.47. The maximum Gasteiger partial charge on any atom is 0.143 e. The molecule has 0 saturated carbocycles. The van der Waals surface area contributed by atoms with E-state index in [0.717, 1.165) is 55.0 Å². The maximum atomic E-state index is 6.50. The van der Waals surface area contributed by atoms with Crippen molar-refractivity contribution in [3.63, 3.8) is 0 Å². The quantitative estimate of drug-likeness (QED) is 0.193. The molecule has 0 spiro atoms. The van der Waals surface area contributed by atoms with Crippen LogP contribution in [0.4, 0.5) is 0 Å². The molecule has 0 aliphatic heterocycles. The topological polar surface area (TPSA) is 26.3 Å². The van der Waals surface area contributed by atoms with E-state index in [-0.39, 0.29) is 0 Å². The molecule has 46 heavy (non-hydrogen) atoms. The van der Waals surface area contributed by atoms with Crippen LogP contribution in [0.1, 0.15) is 0 Å². The molecule has 10 aromatic rings. The van der Waals surface area contributed by atoms with Crippen molar-refractivity contribution in [1.82, 2.24) is 0 Å². The first-order valence-electron chi connectivity index (χ1n) is 15.7. The summed E-state index contributed by atoms with van der Waals surface area (Å²) in [6.45, 7) is 0. The van der Waals surface area contributed by atoms with Gasteiger partial charge in [-0.15, -0.1) is 0 Å². The molecule has 0 atom stereocenters. The van der Waals surface area contributed by atoms with Gasteiger partial charge in [-0.25, -0.2) is 0 Å². The highest BCUT2D eigenvalue weighted by Crippen LogP contribution is 2.46. The lowest BCUT2D eigenvalue weighted by molar-refractivity contribution is 0.669. The molecule has 0 aliphatic carbocycles. The van der Waals surface area contributed by atoms with E-state index in [0.29, 0.717) is 0 Å². The number of rotatable bonds is 3. The largest absolute Gasteiger partial charge is 0.456 e. The van der Waals surface area contributed by atoms with Crippen LogP contribution in [0, 0.1) is 0 Å². The minimum Gasteiger partial charge on any atom is -0.456 e. The van der Waals surface area contributed by atoms with Gasteiger partial charge in [-0.3, -0.25) is 0 Å². The van der Waals surface area contributed by atoms with Gasteiger partial charge in [0, 0.05) is 27.1 Å². The lowest BCUT2D eigenvalue weighted by atomic mass is 9.84. The summed E-state index contributed by atoms with van der Waals surface area (Å²) in [4.78, 5) is 0. The van der Waals surface area contributed by atoms with Gasteiger partial charge in [0.1, 0.15) is 22.3 Å². The lowest BCUT2D eigenvalue weighted by Gasteiger charge is -2.19. The number of para-hydroxylation sites is 3. The van der Waals surface area contributed by atoms with Crippen LogP contribution in [0.5, 0.6) is 0 Å². The van der Waals surface area contributed by atoms with Gasteiger partial charge in [-0.05, 0) is 79.7 Å². The molecule has 214 valence electrons. The van der Waals surface area contributed by atoms with Gasteiger partial charge in [0.05, 0.1) is 0 Å². The van der Waals surface area contributed by atoms with Crippen molar-refractivity contribution in [1.29, 1.82) is 0 Å². The molecular formula is C44H26O2. The number of hydrogen-bond acceptors (Lipinski definition) is 2. The van der Waals surface area contributed by atoms with Gasteiger partial charge < -0.3 is 8.83 Å². The average molecular weight is 587 g/mol. The van der Waals surface area contributed by atoms with Crippen molar-refractivity contribution in [2.75, 3.05) is 0 Å². The minimum atomic E-state index is 0.900. The zero-order valence-electron chi connectivity index (χ0n) is 24.8. The van der Waals surface area contributed by atoms with Gasteiger partial charge >= 0.3 is 0 Å². The SMILES string of the molecule is c1ccc(-c2c3ccccc3c(-c3ccc4oc5ccccc5c4c3)c3cc(-c4cccc5c4oc4ccccc45)ccc23)cc1. The molecule has 10 rings (SSSR count).